The van der Waals surface area contributed by atoms with Crippen molar-refractivity contribution in [3.63, 3.8) is 0 Å². The molecule has 5 nitrogen and oxygen atoms in total. The highest BCUT2D eigenvalue weighted by atomic mass is 16.5. The number of likely N-dealkylation sites (N-methyl/N-ethyl adjacent to an activating group) is 1. The van der Waals surface area contributed by atoms with E-state index in [4.69, 9.17) is 10.5 Å². The van der Waals surface area contributed by atoms with Crippen molar-refractivity contribution in [1.29, 1.82) is 0 Å². The molecule has 0 saturated carbocycles. The monoisotopic (exact) mass is 291 g/mol. The first-order valence-corrected chi connectivity index (χ1v) is 7.36. The maximum absolute atomic E-state index is 12.2. The number of benzene rings is 1. The third-order valence-electron chi connectivity index (χ3n) is 4.13. The van der Waals surface area contributed by atoms with Gasteiger partial charge in [0.15, 0.2) is 0 Å². The third kappa shape index (κ3) is 4.11. The van der Waals surface area contributed by atoms with Crippen molar-refractivity contribution >= 4 is 11.6 Å². The maximum atomic E-state index is 12.2. The summed E-state index contributed by atoms with van der Waals surface area (Å²) in [5.41, 5.74) is 6.36. The molecule has 1 aromatic carbocycles. The Kier molecular flexibility index (Phi) is 4.73. The second-order valence-corrected chi connectivity index (χ2v) is 6.22. The standard InChI is InChI=1S/C16H25N3O2/c1-16(2)12-19(10-9-18(16)3)15(20)8-11-21-14-6-4-13(17)5-7-14/h4-7H,8-12,17H2,1-3H3. The second-order valence-electron chi connectivity index (χ2n) is 6.22. The molecular formula is C16H25N3O2. The van der Waals surface area contributed by atoms with Gasteiger partial charge in [-0.05, 0) is 45.2 Å². The summed E-state index contributed by atoms with van der Waals surface area (Å²) in [5.74, 6) is 0.905. The Morgan fingerprint density at radius 3 is 2.57 bits per heavy atom. The number of hydrogen-bond acceptors (Lipinski definition) is 4. The van der Waals surface area contributed by atoms with E-state index >= 15 is 0 Å². The van der Waals surface area contributed by atoms with Gasteiger partial charge in [-0.1, -0.05) is 0 Å². The molecule has 0 radical (unpaired) electrons. The number of amides is 1. The number of carbonyl (C=O) groups is 1. The van der Waals surface area contributed by atoms with E-state index in [9.17, 15) is 4.79 Å². The van der Waals surface area contributed by atoms with Gasteiger partial charge in [0.2, 0.25) is 5.91 Å². The Labute approximate surface area is 126 Å². The molecule has 5 heteroatoms. The fourth-order valence-corrected chi connectivity index (χ4v) is 2.43. The van der Waals surface area contributed by atoms with Gasteiger partial charge in [0.1, 0.15) is 5.75 Å². The summed E-state index contributed by atoms with van der Waals surface area (Å²) in [6.07, 6.45) is 0.407. The molecule has 1 heterocycles. The van der Waals surface area contributed by atoms with E-state index in [0.717, 1.165) is 25.4 Å². The minimum absolute atomic E-state index is 0.0335. The number of carbonyl (C=O) groups excluding carboxylic acids is 1. The highest BCUT2D eigenvalue weighted by molar-refractivity contribution is 5.76. The number of nitrogens with two attached hydrogens (primary N) is 1. The smallest absolute Gasteiger partial charge is 0.226 e. The molecule has 0 spiro atoms. The van der Waals surface area contributed by atoms with Crippen LogP contribution in [0.1, 0.15) is 20.3 Å². The lowest BCUT2D eigenvalue weighted by Gasteiger charge is -2.45. The average Bonchev–Trinajstić information content (AvgIpc) is 2.44. The van der Waals surface area contributed by atoms with Crippen LogP contribution in [0.4, 0.5) is 5.69 Å². The predicted octanol–water partition coefficient (Wildman–Crippen LogP) is 1.59. The van der Waals surface area contributed by atoms with Crippen molar-refractivity contribution in [1.82, 2.24) is 9.80 Å². The van der Waals surface area contributed by atoms with Gasteiger partial charge in [0, 0.05) is 30.9 Å². The second kappa shape index (κ2) is 6.35. The van der Waals surface area contributed by atoms with E-state index in [1.165, 1.54) is 0 Å². The van der Waals surface area contributed by atoms with Crippen LogP contribution in [-0.2, 0) is 4.79 Å². The van der Waals surface area contributed by atoms with E-state index < -0.39 is 0 Å². The average molecular weight is 291 g/mol. The number of nitrogens with zero attached hydrogens (tertiary/aromatic N) is 2. The molecule has 0 aromatic heterocycles. The molecular weight excluding hydrogens is 266 g/mol. The molecule has 1 fully saturated rings. The summed E-state index contributed by atoms with van der Waals surface area (Å²) in [5, 5.41) is 0. The fourth-order valence-electron chi connectivity index (χ4n) is 2.43. The van der Waals surface area contributed by atoms with Gasteiger partial charge in [-0.15, -0.1) is 0 Å². The van der Waals surface area contributed by atoms with Crippen LogP contribution >= 0.6 is 0 Å². The number of piperazine rings is 1. The van der Waals surface area contributed by atoms with Crippen LogP contribution in [-0.4, -0.2) is 54.5 Å². The number of rotatable bonds is 4. The third-order valence-corrected chi connectivity index (χ3v) is 4.13. The summed E-state index contributed by atoms with van der Waals surface area (Å²) in [4.78, 5) is 16.5. The van der Waals surface area contributed by atoms with Gasteiger partial charge in [-0.3, -0.25) is 9.69 Å². The first-order chi connectivity index (χ1) is 9.88. The lowest BCUT2D eigenvalue weighted by Crippen LogP contribution is -2.58. The molecule has 0 unspecified atom stereocenters. The van der Waals surface area contributed by atoms with Crippen LogP contribution in [0.3, 0.4) is 0 Å². The minimum Gasteiger partial charge on any atom is -0.493 e. The van der Waals surface area contributed by atoms with Crippen LogP contribution in [0.25, 0.3) is 0 Å². The van der Waals surface area contributed by atoms with Crippen LogP contribution in [0, 0.1) is 0 Å². The Bertz CT molecular complexity index is 485. The molecule has 2 N–H and O–H groups in total. The number of hydrogen-bond donors (Lipinski definition) is 1. The minimum atomic E-state index is 0.0335. The zero-order chi connectivity index (χ0) is 15.5. The predicted molar refractivity (Wildman–Crippen MR) is 84.3 cm³/mol. The number of ether oxygens (including phenoxy) is 1. The van der Waals surface area contributed by atoms with Crippen molar-refractivity contribution in [3.8, 4) is 5.75 Å². The number of anilines is 1. The van der Waals surface area contributed by atoms with Gasteiger partial charge in [0.05, 0.1) is 13.0 Å². The Morgan fingerprint density at radius 2 is 1.95 bits per heavy atom. The highest BCUT2D eigenvalue weighted by Gasteiger charge is 2.32. The van der Waals surface area contributed by atoms with E-state index in [-0.39, 0.29) is 11.4 Å². The van der Waals surface area contributed by atoms with E-state index in [1.54, 1.807) is 12.1 Å². The van der Waals surface area contributed by atoms with Crippen molar-refractivity contribution in [2.75, 3.05) is 39.0 Å². The normalized spacial score (nSPS) is 18.5. The van der Waals surface area contributed by atoms with E-state index in [2.05, 4.69) is 25.8 Å². The molecule has 1 amide bonds. The summed E-state index contributed by atoms with van der Waals surface area (Å²) in [7, 11) is 2.10. The van der Waals surface area contributed by atoms with Gasteiger partial charge < -0.3 is 15.4 Å². The largest absolute Gasteiger partial charge is 0.493 e. The molecule has 1 saturated heterocycles. The summed E-state index contributed by atoms with van der Waals surface area (Å²) >= 11 is 0. The summed E-state index contributed by atoms with van der Waals surface area (Å²) in [6, 6.07) is 7.22. The zero-order valence-electron chi connectivity index (χ0n) is 13.1. The van der Waals surface area contributed by atoms with Gasteiger partial charge >= 0.3 is 0 Å². The van der Waals surface area contributed by atoms with Gasteiger partial charge in [0.25, 0.3) is 0 Å². The van der Waals surface area contributed by atoms with Crippen molar-refractivity contribution in [3.05, 3.63) is 24.3 Å². The molecule has 2 rings (SSSR count). The summed E-state index contributed by atoms with van der Waals surface area (Å²) in [6.45, 7) is 7.20. The highest BCUT2D eigenvalue weighted by Crippen LogP contribution is 2.19. The molecule has 0 atom stereocenters. The Morgan fingerprint density at radius 1 is 1.29 bits per heavy atom. The van der Waals surface area contributed by atoms with Gasteiger partial charge in [-0.2, -0.15) is 0 Å². The van der Waals surface area contributed by atoms with Crippen molar-refractivity contribution in [2.24, 2.45) is 0 Å². The van der Waals surface area contributed by atoms with E-state index in [1.807, 2.05) is 17.0 Å². The molecule has 1 aliphatic rings. The first kappa shape index (κ1) is 15.6. The first-order valence-electron chi connectivity index (χ1n) is 7.36. The summed E-state index contributed by atoms with van der Waals surface area (Å²) < 4.78 is 5.58. The van der Waals surface area contributed by atoms with E-state index in [0.29, 0.717) is 18.7 Å². The molecule has 21 heavy (non-hydrogen) atoms. The molecule has 116 valence electrons. The lowest BCUT2D eigenvalue weighted by atomic mass is 9.99. The molecule has 1 aromatic rings. The fraction of sp³-hybridized carbons (Fsp3) is 0.562. The van der Waals surface area contributed by atoms with Crippen LogP contribution in [0.15, 0.2) is 24.3 Å². The van der Waals surface area contributed by atoms with Crippen molar-refractivity contribution in [2.45, 2.75) is 25.8 Å². The van der Waals surface area contributed by atoms with Crippen LogP contribution < -0.4 is 10.5 Å². The molecule has 0 aliphatic carbocycles. The van der Waals surface area contributed by atoms with Gasteiger partial charge in [-0.25, -0.2) is 0 Å². The van der Waals surface area contributed by atoms with Crippen LogP contribution in [0.2, 0.25) is 0 Å². The maximum Gasteiger partial charge on any atom is 0.226 e. The lowest BCUT2D eigenvalue weighted by molar-refractivity contribution is -0.136. The quantitative estimate of drug-likeness (QED) is 0.856. The Hall–Kier alpha value is -1.75. The molecule has 0 bridgehead atoms. The SMILES string of the molecule is CN1CCN(C(=O)CCOc2ccc(N)cc2)CC1(C)C. The zero-order valence-corrected chi connectivity index (χ0v) is 13.1. The van der Waals surface area contributed by atoms with Crippen molar-refractivity contribution < 1.29 is 9.53 Å². The Balaban J connectivity index is 1.78. The molecule has 1 aliphatic heterocycles. The number of nitrogen functional groups attached to an aromatic ring is 1. The topological polar surface area (TPSA) is 58.8 Å². The van der Waals surface area contributed by atoms with Crippen LogP contribution in [0.5, 0.6) is 5.75 Å².